The highest BCUT2D eigenvalue weighted by molar-refractivity contribution is 7.61. The number of pyridine rings is 1. The fraction of sp³-hybridized carbons (Fsp3) is 0.571. The third-order valence-electron chi connectivity index (χ3n) is 2.83. The van der Waals surface area contributed by atoms with Gasteiger partial charge in [-0.25, -0.2) is 9.78 Å². The summed E-state index contributed by atoms with van der Waals surface area (Å²) in [5.74, 6) is -1.15. The molecule has 24 heavy (non-hydrogen) atoms. The minimum atomic E-state index is -4.94. The normalized spacial score (nSPS) is 12.3. The van der Waals surface area contributed by atoms with E-state index in [9.17, 15) is 22.5 Å². The van der Waals surface area contributed by atoms with E-state index in [1.54, 1.807) is 0 Å². The molecule has 0 unspecified atom stereocenters. The number of alkyl halides is 3. The molecule has 0 bridgehead atoms. The zero-order valence-corrected chi connectivity index (χ0v) is 14.7. The van der Waals surface area contributed by atoms with E-state index >= 15 is 0 Å². The van der Waals surface area contributed by atoms with Gasteiger partial charge in [-0.15, -0.1) is 0 Å². The van der Waals surface area contributed by atoms with E-state index in [0.29, 0.717) is 0 Å². The van der Waals surface area contributed by atoms with Crippen LogP contribution in [0.2, 0.25) is 0 Å². The van der Waals surface area contributed by atoms with E-state index in [1.807, 2.05) is 0 Å². The van der Waals surface area contributed by atoms with Gasteiger partial charge in [-0.05, 0) is 39.3 Å². The summed E-state index contributed by atoms with van der Waals surface area (Å²) in [7, 11) is -4.02. The third-order valence-corrected chi connectivity index (χ3v) is 4.82. The second-order valence-corrected chi connectivity index (χ2v) is 6.54. The highest BCUT2D eigenvalue weighted by Crippen LogP contribution is 2.47. The number of esters is 1. The molecule has 0 atom stereocenters. The van der Waals surface area contributed by atoms with Gasteiger partial charge in [0, 0.05) is 0 Å². The lowest BCUT2D eigenvalue weighted by molar-refractivity contribution is -0.141. The maximum absolute atomic E-state index is 13.3. The molecule has 0 spiro atoms. The van der Waals surface area contributed by atoms with Crippen LogP contribution in [-0.2, 0) is 24.5 Å². The van der Waals surface area contributed by atoms with Crippen molar-refractivity contribution in [3.63, 3.8) is 0 Å². The lowest BCUT2D eigenvalue weighted by atomic mass is 10.1. The minimum absolute atomic E-state index is 0.0427. The van der Waals surface area contributed by atoms with Gasteiger partial charge in [0.05, 0.1) is 25.4 Å². The van der Waals surface area contributed by atoms with Gasteiger partial charge in [0.1, 0.15) is 0 Å². The molecule has 0 amide bonds. The van der Waals surface area contributed by atoms with Crippen LogP contribution in [-0.4, -0.2) is 30.8 Å². The number of carbonyl (C=O) groups excluding carboxylic acids is 1. The van der Waals surface area contributed by atoms with Crippen molar-refractivity contribution < 1.29 is 36.3 Å². The summed E-state index contributed by atoms with van der Waals surface area (Å²) >= 11 is 0. The maximum Gasteiger partial charge on any atom is 0.434 e. The first-order valence-electron chi connectivity index (χ1n) is 7.26. The third kappa shape index (κ3) is 4.55. The molecule has 1 aromatic heterocycles. The topological polar surface area (TPSA) is 74.7 Å². The largest absolute Gasteiger partial charge is 0.462 e. The van der Waals surface area contributed by atoms with Crippen LogP contribution in [0.4, 0.5) is 13.2 Å². The molecule has 0 fully saturated rings. The van der Waals surface area contributed by atoms with Crippen molar-refractivity contribution in [2.45, 2.75) is 33.9 Å². The summed E-state index contributed by atoms with van der Waals surface area (Å²) in [4.78, 5) is 15.2. The van der Waals surface area contributed by atoms with Crippen molar-refractivity contribution in [3.8, 4) is 0 Å². The van der Waals surface area contributed by atoms with Crippen LogP contribution >= 0.6 is 7.60 Å². The first-order chi connectivity index (χ1) is 11.1. The van der Waals surface area contributed by atoms with Gasteiger partial charge < -0.3 is 13.8 Å². The van der Waals surface area contributed by atoms with Gasteiger partial charge in [0.25, 0.3) is 0 Å². The molecule has 0 N–H and O–H groups in total. The molecule has 0 saturated carbocycles. The molecule has 0 aromatic carbocycles. The lowest BCUT2D eigenvalue weighted by Gasteiger charge is -2.20. The quantitative estimate of drug-likeness (QED) is 0.541. The highest BCUT2D eigenvalue weighted by Gasteiger charge is 2.41. The van der Waals surface area contributed by atoms with Crippen molar-refractivity contribution >= 4 is 19.0 Å². The van der Waals surface area contributed by atoms with Crippen molar-refractivity contribution in [3.05, 3.63) is 22.9 Å². The predicted octanol–water partition coefficient (Wildman–Crippen LogP) is 3.48. The molecule has 136 valence electrons. The minimum Gasteiger partial charge on any atom is -0.462 e. The Hall–Kier alpha value is -1.44. The van der Waals surface area contributed by atoms with Gasteiger partial charge >= 0.3 is 19.7 Å². The average molecular weight is 369 g/mol. The van der Waals surface area contributed by atoms with Gasteiger partial charge in [-0.1, -0.05) is 0 Å². The monoisotopic (exact) mass is 369 g/mol. The fourth-order valence-electron chi connectivity index (χ4n) is 1.97. The van der Waals surface area contributed by atoms with Crippen molar-refractivity contribution in [2.75, 3.05) is 19.8 Å². The summed E-state index contributed by atoms with van der Waals surface area (Å²) < 4.78 is 67.3. The smallest absolute Gasteiger partial charge is 0.434 e. The van der Waals surface area contributed by atoms with Crippen molar-refractivity contribution in [1.82, 2.24) is 4.98 Å². The van der Waals surface area contributed by atoms with E-state index < -0.39 is 36.4 Å². The number of hydrogen-bond donors (Lipinski definition) is 0. The van der Waals surface area contributed by atoms with Crippen molar-refractivity contribution in [2.24, 2.45) is 0 Å². The van der Waals surface area contributed by atoms with Crippen LogP contribution in [0.15, 0.2) is 6.07 Å². The van der Waals surface area contributed by atoms with Crippen LogP contribution < -0.4 is 5.44 Å². The van der Waals surface area contributed by atoms with Gasteiger partial charge in [0.15, 0.2) is 11.1 Å². The summed E-state index contributed by atoms with van der Waals surface area (Å²) in [5, 5.41) is 0. The Balaban J connectivity index is 3.61. The van der Waals surface area contributed by atoms with Crippen LogP contribution in [0.5, 0.6) is 0 Å². The van der Waals surface area contributed by atoms with E-state index in [0.717, 1.165) is 6.07 Å². The van der Waals surface area contributed by atoms with Crippen molar-refractivity contribution in [1.29, 1.82) is 0 Å². The summed E-state index contributed by atoms with van der Waals surface area (Å²) in [6, 6.07) is 1.09. The number of ether oxygens (including phenoxy) is 1. The molecule has 6 nitrogen and oxygen atoms in total. The van der Waals surface area contributed by atoms with E-state index in [4.69, 9.17) is 9.05 Å². The number of aromatic nitrogens is 1. The summed E-state index contributed by atoms with van der Waals surface area (Å²) in [6.07, 6.45) is -4.94. The fourth-order valence-corrected chi connectivity index (χ4v) is 3.56. The van der Waals surface area contributed by atoms with Crippen LogP contribution in [0.25, 0.3) is 0 Å². The number of rotatable bonds is 7. The molecule has 0 aliphatic heterocycles. The maximum atomic E-state index is 13.3. The molecule has 0 saturated heterocycles. The Kier molecular flexibility index (Phi) is 6.95. The van der Waals surface area contributed by atoms with Gasteiger partial charge in [0.2, 0.25) is 0 Å². The number of halogens is 3. The summed E-state index contributed by atoms with van der Waals surface area (Å²) in [6.45, 7) is 5.62. The molecular weight excluding hydrogens is 350 g/mol. The zero-order chi connectivity index (χ0) is 18.5. The standard InChI is InChI=1S/C14H19F3NO5P/c1-5-21-13(19)11-9(4)8-10(18-12(11)14(15,16)17)24(20,22-6-2)23-7-3/h8H,5-7H2,1-4H3. The van der Waals surface area contributed by atoms with E-state index in [-0.39, 0.29) is 25.4 Å². The predicted molar refractivity (Wildman–Crippen MR) is 80.4 cm³/mol. The van der Waals surface area contributed by atoms with Crippen LogP contribution in [0.3, 0.4) is 0 Å². The van der Waals surface area contributed by atoms with Gasteiger partial charge in [-0.2, -0.15) is 13.2 Å². The lowest BCUT2D eigenvalue weighted by Crippen LogP contribution is -2.25. The molecule has 1 heterocycles. The first-order valence-corrected chi connectivity index (χ1v) is 8.80. The van der Waals surface area contributed by atoms with Gasteiger partial charge in [-0.3, -0.25) is 4.57 Å². The highest BCUT2D eigenvalue weighted by atomic mass is 31.2. The molecule has 0 radical (unpaired) electrons. The summed E-state index contributed by atoms with van der Waals surface area (Å²) in [5.41, 5.74) is -2.77. The van der Waals surface area contributed by atoms with E-state index in [1.165, 1.54) is 27.7 Å². The number of carbonyl (C=O) groups is 1. The molecule has 0 aliphatic rings. The second-order valence-electron chi connectivity index (χ2n) is 4.57. The molecule has 0 aliphatic carbocycles. The Morgan fingerprint density at radius 2 is 1.71 bits per heavy atom. The zero-order valence-electron chi connectivity index (χ0n) is 13.8. The SMILES string of the molecule is CCOC(=O)c1c(C)cc(P(=O)(OCC)OCC)nc1C(F)(F)F. The Morgan fingerprint density at radius 1 is 1.17 bits per heavy atom. The molecule has 10 heteroatoms. The Labute approximate surface area is 137 Å². The second kappa shape index (κ2) is 8.09. The van der Waals surface area contributed by atoms with Crippen LogP contribution in [0.1, 0.15) is 42.4 Å². The number of aryl methyl sites for hydroxylation is 1. The number of nitrogens with zero attached hydrogens (tertiary/aromatic N) is 1. The average Bonchev–Trinajstić information content (AvgIpc) is 2.46. The molecular formula is C14H19F3NO5P. The molecule has 1 rings (SSSR count). The first kappa shape index (κ1) is 20.6. The Morgan fingerprint density at radius 3 is 2.12 bits per heavy atom. The Bertz CT molecular complexity index is 638. The van der Waals surface area contributed by atoms with E-state index in [2.05, 4.69) is 9.72 Å². The molecule has 1 aromatic rings. The number of hydrogen-bond acceptors (Lipinski definition) is 6. The van der Waals surface area contributed by atoms with Crippen LogP contribution in [0, 0.1) is 6.92 Å².